The number of thioether (sulfide) groups is 1. The number of piperidine rings is 1. The first kappa shape index (κ1) is 18.3. The van der Waals surface area contributed by atoms with Gasteiger partial charge in [-0.1, -0.05) is 25.1 Å². The van der Waals surface area contributed by atoms with E-state index in [1.165, 1.54) is 6.26 Å². The van der Waals surface area contributed by atoms with Gasteiger partial charge in [-0.15, -0.1) is 0 Å². The van der Waals surface area contributed by atoms with Crippen LogP contribution in [-0.4, -0.2) is 49.2 Å². The molecule has 0 amide bonds. The van der Waals surface area contributed by atoms with Crippen molar-refractivity contribution in [2.24, 2.45) is 5.92 Å². The monoisotopic (exact) mass is 358 g/mol. The molecule has 0 saturated carbocycles. The van der Waals surface area contributed by atoms with Crippen LogP contribution in [-0.2, 0) is 9.84 Å². The number of nitrogens with zero attached hydrogens (tertiary/aromatic N) is 3. The van der Waals surface area contributed by atoms with Crippen LogP contribution in [0.5, 0.6) is 0 Å². The fourth-order valence-electron chi connectivity index (χ4n) is 2.80. The van der Waals surface area contributed by atoms with Crippen molar-refractivity contribution in [2.45, 2.75) is 37.8 Å². The smallest absolute Gasteiger partial charge is 0.191 e. The van der Waals surface area contributed by atoms with E-state index in [0.29, 0.717) is 17.5 Å². The third kappa shape index (κ3) is 6.18. The van der Waals surface area contributed by atoms with E-state index < -0.39 is 9.84 Å². The fourth-order valence-corrected chi connectivity index (χ4v) is 4.87. The van der Waals surface area contributed by atoms with E-state index in [1.807, 2.05) is 0 Å². The molecule has 8 heteroatoms. The molecule has 2 N–H and O–H groups in total. The molecule has 6 nitrogen and oxygen atoms in total. The Morgan fingerprint density at radius 3 is 2.91 bits per heavy atom. The molecular formula is C15H26N4O2S2. The molecule has 0 aromatic carbocycles. The van der Waals surface area contributed by atoms with Gasteiger partial charge in [0.15, 0.2) is 5.16 Å². The molecule has 1 aliphatic rings. The largest absolute Gasteiger partial charge is 0.383 e. The van der Waals surface area contributed by atoms with Gasteiger partial charge in [0.2, 0.25) is 0 Å². The van der Waals surface area contributed by atoms with Gasteiger partial charge in [0.05, 0.1) is 5.75 Å². The molecule has 1 unspecified atom stereocenters. The number of sulfone groups is 1. The summed E-state index contributed by atoms with van der Waals surface area (Å²) in [6.07, 6.45) is 5.49. The van der Waals surface area contributed by atoms with Gasteiger partial charge in [0.25, 0.3) is 0 Å². The normalized spacial score (nSPS) is 19.0. The Morgan fingerprint density at radius 1 is 1.43 bits per heavy atom. The Hall–Kier alpha value is -1.02. The third-order valence-electron chi connectivity index (χ3n) is 3.82. The highest BCUT2D eigenvalue weighted by molar-refractivity contribution is 7.99. The lowest BCUT2D eigenvalue weighted by atomic mass is 10.0. The molecule has 0 radical (unpaired) electrons. The molecule has 1 saturated heterocycles. The Kier molecular flexibility index (Phi) is 6.52. The van der Waals surface area contributed by atoms with Crippen LogP contribution in [0.25, 0.3) is 0 Å². The summed E-state index contributed by atoms with van der Waals surface area (Å²) in [4.78, 5) is 11.0. The van der Waals surface area contributed by atoms with Crippen molar-refractivity contribution in [2.75, 3.05) is 41.5 Å². The van der Waals surface area contributed by atoms with Crippen LogP contribution < -0.4 is 10.6 Å². The summed E-state index contributed by atoms with van der Waals surface area (Å²) >= 11 is 1.62. The molecule has 1 atom stereocenters. The summed E-state index contributed by atoms with van der Waals surface area (Å²) in [6.45, 7) is 3.75. The lowest BCUT2D eigenvalue weighted by Crippen LogP contribution is -2.38. The molecular weight excluding hydrogens is 332 g/mol. The van der Waals surface area contributed by atoms with Crippen molar-refractivity contribution in [1.82, 2.24) is 9.97 Å². The number of nitrogen functional groups attached to an aromatic ring is 1. The zero-order valence-corrected chi connectivity index (χ0v) is 15.5. The van der Waals surface area contributed by atoms with E-state index in [4.69, 9.17) is 5.73 Å². The third-order valence-corrected chi connectivity index (χ3v) is 5.83. The lowest BCUT2D eigenvalue weighted by molar-refractivity contribution is 0.441. The maximum Gasteiger partial charge on any atom is 0.191 e. The van der Waals surface area contributed by atoms with Crippen LogP contribution in [0.1, 0.15) is 32.6 Å². The number of anilines is 2. The molecule has 1 fully saturated rings. The van der Waals surface area contributed by atoms with Gasteiger partial charge in [-0.05, 0) is 25.2 Å². The molecule has 0 spiro atoms. The van der Waals surface area contributed by atoms with Crippen molar-refractivity contribution in [3.63, 3.8) is 0 Å². The Bertz CT molecular complexity index is 622. The maximum absolute atomic E-state index is 11.5. The molecule has 1 aliphatic heterocycles. The van der Waals surface area contributed by atoms with Gasteiger partial charge >= 0.3 is 0 Å². The SMILES string of the molecule is CCCCSc1nc(N)cc(N2CCCC(CS(C)(=O)=O)C2)n1. The van der Waals surface area contributed by atoms with Gasteiger partial charge in [0.1, 0.15) is 21.5 Å². The number of unbranched alkanes of at least 4 members (excludes halogenated alkanes) is 1. The minimum atomic E-state index is -2.95. The van der Waals surface area contributed by atoms with E-state index in [1.54, 1.807) is 17.8 Å². The van der Waals surface area contributed by atoms with Crippen LogP contribution >= 0.6 is 11.8 Å². The first-order chi connectivity index (χ1) is 10.9. The van der Waals surface area contributed by atoms with Crippen LogP contribution in [0.4, 0.5) is 11.6 Å². The van der Waals surface area contributed by atoms with Crippen LogP contribution in [0.2, 0.25) is 0 Å². The quantitative estimate of drug-likeness (QED) is 0.454. The Labute approximate surface area is 143 Å². The highest BCUT2D eigenvalue weighted by Crippen LogP contribution is 2.26. The highest BCUT2D eigenvalue weighted by atomic mass is 32.2. The second kappa shape index (κ2) is 8.19. The Morgan fingerprint density at radius 2 is 2.22 bits per heavy atom. The van der Waals surface area contributed by atoms with Crippen molar-refractivity contribution < 1.29 is 8.42 Å². The second-order valence-corrected chi connectivity index (χ2v) is 9.43. The Balaban J connectivity index is 2.07. The first-order valence-electron chi connectivity index (χ1n) is 8.07. The van der Waals surface area contributed by atoms with Gasteiger partial charge < -0.3 is 10.6 Å². The summed E-state index contributed by atoms with van der Waals surface area (Å²) in [5.41, 5.74) is 5.92. The predicted molar refractivity (Wildman–Crippen MR) is 96.7 cm³/mol. The van der Waals surface area contributed by atoms with Crippen LogP contribution in [0, 0.1) is 5.92 Å². The number of hydrogen-bond acceptors (Lipinski definition) is 7. The van der Waals surface area contributed by atoms with Crippen molar-refractivity contribution >= 4 is 33.2 Å². The van der Waals surface area contributed by atoms with E-state index in [9.17, 15) is 8.42 Å². The van der Waals surface area contributed by atoms with Crippen molar-refractivity contribution in [1.29, 1.82) is 0 Å². The summed E-state index contributed by atoms with van der Waals surface area (Å²) in [7, 11) is -2.95. The van der Waals surface area contributed by atoms with Crippen LogP contribution in [0.3, 0.4) is 0 Å². The minimum absolute atomic E-state index is 0.158. The molecule has 2 rings (SSSR count). The van der Waals surface area contributed by atoms with Gasteiger partial charge in [-0.3, -0.25) is 0 Å². The minimum Gasteiger partial charge on any atom is -0.383 e. The standard InChI is InChI=1S/C15H26N4O2S2/c1-3-4-8-22-15-17-13(16)9-14(18-15)19-7-5-6-12(10-19)11-23(2,20)21/h9,12H,3-8,10-11H2,1-2H3,(H2,16,17,18). The van der Waals surface area contributed by atoms with Crippen LogP contribution in [0.15, 0.2) is 11.2 Å². The molecule has 1 aromatic rings. The molecule has 23 heavy (non-hydrogen) atoms. The summed E-state index contributed by atoms with van der Waals surface area (Å²) in [5, 5.41) is 0.707. The average Bonchev–Trinajstić information content (AvgIpc) is 2.45. The molecule has 2 heterocycles. The number of aromatic nitrogens is 2. The summed E-state index contributed by atoms with van der Waals surface area (Å²) in [5.74, 6) is 2.67. The number of rotatable bonds is 7. The first-order valence-corrected chi connectivity index (χ1v) is 11.1. The summed E-state index contributed by atoms with van der Waals surface area (Å²) in [6, 6.07) is 1.78. The average molecular weight is 359 g/mol. The number of nitrogens with two attached hydrogens (primary N) is 1. The van der Waals surface area contributed by atoms with E-state index >= 15 is 0 Å². The number of hydrogen-bond donors (Lipinski definition) is 1. The molecule has 1 aromatic heterocycles. The van der Waals surface area contributed by atoms with Gasteiger partial charge in [-0.25, -0.2) is 18.4 Å². The second-order valence-electron chi connectivity index (χ2n) is 6.18. The summed E-state index contributed by atoms with van der Waals surface area (Å²) < 4.78 is 23.1. The van der Waals surface area contributed by atoms with E-state index in [2.05, 4.69) is 21.8 Å². The van der Waals surface area contributed by atoms with Crippen molar-refractivity contribution in [3.8, 4) is 0 Å². The zero-order chi connectivity index (χ0) is 16.9. The van der Waals surface area contributed by atoms with E-state index in [-0.39, 0.29) is 11.7 Å². The van der Waals surface area contributed by atoms with Crippen molar-refractivity contribution in [3.05, 3.63) is 6.07 Å². The predicted octanol–water partition coefficient (Wildman–Crippen LogP) is 2.21. The molecule has 130 valence electrons. The topological polar surface area (TPSA) is 89.2 Å². The molecule has 0 bridgehead atoms. The van der Waals surface area contributed by atoms with Gasteiger partial charge in [-0.2, -0.15) is 0 Å². The highest BCUT2D eigenvalue weighted by Gasteiger charge is 2.24. The lowest BCUT2D eigenvalue weighted by Gasteiger charge is -2.33. The molecule has 0 aliphatic carbocycles. The zero-order valence-electron chi connectivity index (χ0n) is 13.9. The maximum atomic E-state index is 11.5. The van der Waals surface area contributed by atoms with E-state index in [0.717, 1.165) is 43.8 Å². The van der Waals surface area contributed by atoms with Gasteiger partial charge in [0, 0.05) is 31.2 Å². The fraction of sp³-hybridized carbons (Fsp3) is 0.733.